The third-order valence-corrected chi connectivity index (χ3v) is 10.2. The molecule has 1 aliphatic heterocycles. The Morgan fingerprint density at radius 1 is 1.35 bits per heavy atom. The van der Waals surface area contributed by atoms with Crippen molar-refractivity contribution in [3.63, 3.8) is 0 Å². The van der Waals surface area contributed by atoms with Gasteiger partial charge in [0.25, 0.3) is 0 Å². The fourth-order valence-electron chi connectivity index (χ4n) is 3.20. The first kappa shape index (κ1) is 12.0. The molecule has 4 unspecified atom stereocenters. The number of nitrogens with two attached hydrogens (primary N) is 1. The van der Waals surface area contributed by atoms with Gasteiger partial charge in [-0.25, -0.2) is 0 Å². The summed E-state index contributed by atoms with van der Waals surface area (Å²) in [6.07, 6.45) is 14.0. The first-order valence-electron chi connectivity index (χ1n) is 6.39. The second-order valence-electron chi connectivity index (χ2n) is 5.46. The van der Waals surface area contributed by atoms with E-state index in [0.717, 1.165) is 0 Å². The summed E-state index contributed by atoms with van der Waals surface area (Å²) in [6.45, 7) is 2.27. The molecule has 0 amide bonds. The van der Waals surface area contributed by atoms with Crippen LogP contribution in [-0.4, -0.2) is 13.7 Å². The van der Waals surface area contributed by atoms with Crippen LogP contribution in [0.25, 0.3) is 0 Å². The summed E-state index contributed by atoms with van der Waals surface area (Å²) >= 11 is -1.49. The van der Waals surface area contributed by atoms with Gasteiger partial charge in [-0.3, -0.25) is 0 Å². The topological polar surface area (TPSA) is 26.0 Å². The summed E-state index contributed by atoms with van der Waals surface area (Å²) in [5, 5.41) is 0. The van der Waals surface area contributed by atoms with Gasteiger partial charge in [0, 0.05) is 0 Å². The van der Waals surface area contributed by atoms with Gasteiger partial charge in [0.1, 0.15) is 0 Å². The fourth-order valence-corrected chi connectivity index (χ4v) is 8.43. The van der Waals surface area contributed by atoms with E-state index in [9.17, 15) is 0 Å². The van der Waals surface area contributed by atoms with Gasteiger partial charge in [-0.2, -0.15) is 0 Å². The number of hydrogen-bond acceptors (Lipinski definition) is 1. The van der Waals surface area contributed by atoms with E-state index in [0.29, 0.717) is 25.7 Å². The zero-order valence-corrected chi connectivity index (χ0v) is 12.4. The number of allylic oxidation sites excluding steroid dienone is 6. The van der Waals surface area contributed by atoms with E-state index in [1.165, 1.54) is 12.8 Å². The van der Waals surface area contributed by atoms with Gasteiger partial charge in [0.05, 0.1) is 0 Å². The molecule has 5 atom stereocenters. The Bertz CT molecular complexity index is 401. The third kappa shape index (κ3) is 2.05. The summed E-state index contributed by atoms with van der Waals surface area (Å²) in [7, 11) is 0. The number of hydrogen-bond donors (Lipinski definition) is 1. The molecule has 1 nitrogen and oxygen atoms in total. The average molecular weight is 339 g/mol. The van der Waals surface area contributed by atoms with Crippen molar-refractivity contribution < 1.29 is 0 Å². The van der Waals surface area contributed by atoms with E-state index in [1.807, 2.05) is 0 Å². The third-order valence-electron chi connectivity index (χ3n) is 4.28. The van der Waals surface area contributed by atoms with Crippen LogP contribution < -0.4 is 5.73 Å². The van der Waals surface area contributed by atoms with E-state index in [1.54, 1.807) is 5.57 Å². The molecule has 2 aliphatic carbocycles. The number of alkyl halides is 2. The van der Waals surface area contributed by atoms with Crippen molar-refractivity contribution in [3.8, 4) is 0 Å². The van der Waals surface area contributed by atoms with Gasteiger partial charge >= 0.3 is 112 Å². The summed E-state index contributed by atoms with van der Waals surface area (Å²) in [5.41, 5.74) is 14.4. The fraction of sp³-hybridized carbons (Fsp3) is 0.571. The number of fused-ring (bicyclic) bond motifs is 2. The second-order valence-corrected chi connectivity index (χ2v) is 10.6. The maximum absolute atomic E-state index is 6.49. The van der Waals surface area contributed by atoms with Gasteiger partial charge in [0.2, 0.25) is 0 Å². The van der Waals surface area contributed by atoms with Crippen LogP contribution >= 0.6 is 19.6 Å². The molecule has 3 aliphatic rings. The summed E-state index contributed by atoms with van der Waals surface area (Å²) in [6, 6.07) is 0. The van der Waals surface area contributed by atoms with Crippen LogP contribution in [0, 0.1) is 17.8 Å². The maximum atomic E-state index is 6.49. The van der Waals surface area contributed by atoms with Crippen LogP contribution in [-0.2, 0) is 0 Å². The molecule has 17 heavy (non-hydrogen) atoms. The predicted octanol–water partition coefficient (Wildman–Crippen LogP) is 2.96. The monoisotopic (exact) mass is 339 g/mol. The molecule has 0 bridgehead atoms. The Morgan fingerprint density at radius 3 is 2.94 bits per heavy atom. The van der Waals surface area contributed by atoms with E-state index < -0.39 is 19.6 Å². The molecule has 0 spiro atoms. The van der Waals surface area contributed by atoms with Crippen molar-refractivity contribution in [2.45, 2.75) is 27.7 Å². The SMILES string of the molecule is [B]I1C2CC3C=CC=CC3C=C2C[C@H](C)C1N. The van der Waals surface area contributed by atoms with E-state index in [2.05, 4.69) is 37.3 Å². The molecule has 90 valence electrons. The summed E-state index contributed by atoms with van der Waals surface area (Å²) in [4.78, 5) is 0. The zero-order valence-electron chi connectivity index (χ0n) is 10.2. The van der Waals surface area contributed by atoms with E-state index >= 15 is 0 Å². The van der Waals surface area contributed by atoms with Gasteiger partial charge < -0.3 is 0 Å². The molecule has 0 saturated carbocycles. The summed E-state index contributed by atoms with van der Waals surface area (Å²) in [5.74, 6) is 1.89. The molecule has 1 saturated heterocycles. The predicted molar refractivity (Wildman–Crippen MR) is 83.3 cm³/mol. The van der Waals surface area contributed by atoms with Crippen LogP contribution in [0.4, 0.5) is 0 Å². The molecule has 0 aromatic heterocycles. The molecule has 2 N–H and O–H groups in total. The van der Waals surface area contributed by atoms with Crippen molar-refractivity contribution in [1.29, 1.82) is 0 Å². The molecule has 3 heteroatoms. The first-order valence-corrected chi connectivity index (χ1v) is 10.1. The van der Waals surface area contributed by atoms with Crippen LogP contribution in [0.2, 0.25) is 0 Å². The van der Waals surface area contributed by atoms with Crippen molar-refractivity contribution in [3.05, 3.63) is 36.0 Å². The van der Waals surface area contributed by atoms with Crippen LogP contribution in [0.1, 0.15) is 19.8 Å². The Balaban J connectivity index is 1.91. The molecule has 2 radical (unpaired) electrons. The standard InChI is InChI=1S/C14H19BIN/c1-9-6-12-7-10-4-2-3-5-11(10)8-13(12)16(15)14(9)17/h2-5,7,9-11,13-14H,6,8,17H2,1H3/t9-,10?,11?,13?,14?/m0/s1. The molecule has 0 aromatic carbocycles. The Kier molecular flexibility index (Phi) is 3.24. The minimum absolute atomic E-state index is 0.320. The number of rotatable bonds is 0. The van der Waals surface area contributed by atoms with Gasteiger partial charge in [0.15, 0.2) is 0 Å². The molecule has 1 heterocycles. The zero-order chi connectivity index (χ0) is 12.0. The van der Waals surface area contributed by atoms with Crippen LogP contribution in [0.15, 0.2) is 36.0 Å². The Hall–Kier alpha value is -0.0251. The van der Waals surface area contributed by atoms with Crippen molar-refractivity contribution in [2.75, 3.05) is 0 Å². The van der Waals surface area contributed by atoms with E-state index in [-0.39, 0.29) is 0 Å². The normalized spacial score (nSPS) is 46.1. The molecule has 0 aromatic rings. The average Bonchev–Trinajstić information content (AvgIpc) is 2.34. The molecule has 1 fully saturated rings. The summed E-state index contributed by atoms with van der Waals surface area (Å²) < 4.78 is 0.990. The molecule has 3 rings (SSSR count). The molecular weight excluding hydrogens is 320 g/mol. The first-order chi connectivity index (χ1) is 8.16. The quantitative estimate of drug-likeness (QED) is 0.237. The van der Waals surface area contributed by atoms with Crippen molar-refractivity contribution in [2.24, 2.45) is 23.5 Å². The van der Waals surface area contributed by atoms with Gasteiger partial charge in [-0.1, -0.05) is 0 Å². The van der Waals surface area contributed by atoms with Gasteiger partial charge in [-0.15, -0.1) is 0 Å². The van der Waals surface area contributed by atoms with E-state index in [4.69, 9.17) is 11.4 Å². The van der Waals surface area contributed by atoms with Crippen LogP contribution in [0.3, 0.4) is 0 Å². The van der Waals surface area contributed by atoms with Crippen LogP contribution in [0.5, 0.6) is 0 Å². The van der Waals surface area contributed by atoms with Crippen molar-refractivity contribution >= 4 is 25.3 Å². The second kappa shape index (κ2) is 4.58. The van der Waals surface area contributed by atoms with Gasteiger partial charge in [-0.05, 0) is 0 Å². The Labute approximate surface area is 112 Å². The minimum atomic E-state index is -1.49. The Morgan fingerprint density at radius 2 is 2.12 bits per heavy atom. The number of halogens is 1. The molecular formula is C14H19BIN. The van der Waals surface area contributed by atoms with Crippen molar-refractivity contribution in [1.82, 2.24) is 0 Å².